The Balaban J connectivity index is 1.95. The molecule has 0 radical (unpaired) electrons. The van der Waals surface area contributed by atoms with Gasteiger partial charge in [-0.05, 0) is 43.5 Å². The van der Waals surface area contributed by atoms with E-state index >= 15 is 0 Å². The first kappa shape index (κ1) is 11.2. The quantitative estimate of drug-likeness (QED) is 0.865. The van der Waals surface area contributed by atoms with Crippen molar-refractivity contribution in [2.24, 2.45) is 0 Å². The van der Waals surface area contributed by atoms with Crippen LogP contribution in [0.1, 0.15) is 31.2 Å². The molecule has 0 saturated carbocycles. The summed E-state index contributed by atoms with van der Waals surface area (Å²) in [6, 6.07) is 9.34. The molecule has 1 N–H and O–H groups in total. The van der Waals surface area contributed by atoms with Crippen LogP contribution in [0, 0.1) is 0 Å². The summed E-state index contributed by atoms with van der Waals surface area (Å²) in [6.07, 6.45) is 6.61. The fraction of sp³-hybridized carbons (Fsp3) is 0.538. The van der Waals surface area contributed by atoms with Crippen molar-refractivity contribution in [3.05, 3.63) is 34.3 Å². The molecule has 2 rings (SSSR count). The van der Waals surface area contributed by atoms with Crippen molar-refractivity contribution < 1.29 is 0 Å². The average molecular weight is 268 g/mol. The zero-order valence-corrected chi connectivity index (χ0v) is 10.6. The van der Waals surface area contributed by atoms with Crippen molar-refractivity contribution in [3.8, 4) is 0 Å². The number of benzene rings is 1. The topological polar surface area (TPSA) is 12.0 Å². The Labute approximate surface area is 100 Å². The van der Waals surface area contributed by atoms with E-state index < -0.39 is 0 Å². The van der Waals surface area contributed by atoms with Gasteiger partial charge in [-0.15, -0.1) is 0 Å². The third-order valence-electron chi connectivity index (χ3n) is 3.03. The minimum Gasteiger partial charge on any atom is -0.314 e. The molecule has 1 aromatic carbocycles. The fourth-order valence-corrected chi connectivity index (χ4v) is 2.67. The van der Waals surface area contributed by atoms with Crippen LogP contribution in [0.4, 0.5) is 0 Å². The third kappa shape index (κ3) is 3.62. The Hall–Kier alpha value is -0.340. The zero-order valence-electron chi connectivity index (χ0n) is 9.01. The molecule has 1 aliphatic rings. The number of nitrogens with one attached hydrogen (secondary N) is 1. The highest BCUT2D eigenvalue weighted by molar-refractivity contribution is 9.10. The van der Waals surface area contributed by atoms with Crippen LogP contribution in [0.25, 0.3) is 0 Å². The standard InChI is InChI=1S/C13H18BrN/c14-12-6-4-5-11(9-12)10-13-7-2-1-3-8-15-13/h4-6,9,13,15H,1-3,7-8,10H2. The summed E-state index contributed by atoms with van der Waals surface area (Å²) < 4.78 is 1.19. The molecule has 0 aliphatic carbocycles. The Morgan fingerprint density at radius 3 is 3.07 bits per heavy atom. The van der Waals surface area contributed by atoms with Crippen LogP contribution >= 0.6 is 15.9 Å². The molecular formula is C13H18BrN. The Kier molecular flexibility index (Phi) is 4.21. The summed E-state index contributed by atoms with van der Waals surface area (Å²) in [5.41, 5.74) is 1.43. The van der Waals surface area contributed by atoms with Crippen LogP contribution in [-0.2, 0) is 6.42 Å². The summed E-state index contributed by atoms with van der Waals surface area (Å²) in [7, 11) is 0. The lowest BCUT2D eigenvalue weighted by atomic mass is 10.0. The van der Waals surface area contributed by atoms with E-state index in [1.54, 1.807) is 0 Å². The van der Waals surface area contributed by atoms with Crippen LogP contribution in [0.3, 0.4) is 0 Å². The zero-order chi connectivity index (χ0) is 10.5. The Morgan fingerprint density at radius 2 is 2.20 bits per heavy atom. The van der Waals surface area contributed by atoms with Crippen molar-refractivity contribution in [2.45, 2.75) is 38.1 Å². The van der Waals surface area contributed by atoms with Crippen molar-refractivity contribution in [1.82, 2.24) is 5.32 Å². The van der Waals surface area contributed by atoms with Gasteiger partial charge in [0.2, 0.25) is 0 Å². The average Bonchev–Trinajstić information content (AvgIpc) is 2.46. The van der Waals surface area contributed by atoms with Crippen molar-refractivity contribution >= 4 is 15.9 Å². The first-order valence-corrected chi connectivity index (χ1v) is 6.62. The minimum atomic E-state index is 0.682. The number of rotatable bonds is 2. The number of hydrogen-bond acceptors (Lipinski definition) is 1. The molecule has 1 atom stereocenters. The summed E-state index contributed by atoms with van der Waals surface area (Å²) in [4.78, 5) is 0. The monoisotopic (exact) mass is 267 g/mol. The maximum atomic E-state index is 3.63. The van der Waals surface area contributed by atoms with Gasteiger partial charge in [-0.25, -0.2) is 0 Å². The van der Waals surface area contributed by atoms with Gasteiger partial charge in [-0.3, -0.25) is 0 Å². The van der Waals surface area contributed by atoms with Crippen LogP contribution in [0.5, 0.6) is 0 Å². The van der Waals surface area contributed by atoms with Crippen molar-refractivity contribution in [1.29, 1.82) is 0 Å². The second kappa shape index (κ2) is 5.66. The normalized spacial score (nSPS) is 22.3. The van der Waals surface area contributed by atoms with E-state index in [0.717, 1.165) is 0 Å². The van der Waals surface area contributed by atoms with E-state index in [9.17, 15) is 0 Å². The smallest absolute Gasteiger partial charge is 0.0178 e. The molecule has 1 heterocycles. The maximum Gasteiger partial charge on any atom is 0.0178 e. The van der Waals surface area contributed by atoms with E-state index in [2.05, 4.69) is 45.5 Å². The van der Waals surface area contributed by atoms with Gasteiger partial charge < -0.3 is 5.32 Å². The highest BCUT2D eigenvalue weighted by Gasteiger charge is 2.11. The van der Waals surface area contributed by atoms with Gasteiger partial charge in [0.1, 0.15) is 0 Å². The fourth-order valence-electron chi connectivity index (χ4n) is 2.22. The third-order valence-corrected chi connectivity index (χ3v) is 3.53. The molecule has 15 heavy (non-hydrogen) atoms. The molecule has 1 aliphatic heterocycles. The van der Waals surface area contributed by atoms with Crippen LogP contribution < -0.4 is 5.32 Å². The van der Waals surface area contributed by atoms with Gasteiger partial charge in [0, 0.05) is 10.5 Å². The first-order chi connectivity index (χ1) is 7.34. The molecule has 1 fully saturated rings. The van der Waals surface area contributed by atoms with Gasteiger partial charge >= 0.3 is 0 Å². The second-order valence-corrected chi connectivity index (χ2v) is 5.25. The predicted octanol–water partition coefficient (Wildman–Crippen LogP) is 3.52. The van der Waals surface area contributed by atoms with Crippen molar-refractivity contribution in [3.63, 3.8) is 0 Å². The molecule has 1 saturated heterocycles. The van der Waals surface area contributed by atoms with E-state index in [4.69, 9.17) is 0 Å². The lowest BCUT2D eigenvalue weighted by Gasteiger charge is -2.15. The predicted molar refractivity (Wildman–Crippen MR) is 68.1 cm³/mol. The van der Waals surface area contributed by atoms with Crippen LogP contribution in [0.15, 0.2) is 28.7 Å². The van der Waals surface area contributed by atoms with E-state index in [1.165, 1.54) is 48.7 Å². The van der Waals surface area contributed by atoms with Gasteiger partial charge in [0.15, 0.2) is 0 Å². The van der Waals surface area contributed by atoms with Gasteiger partial charge in [-0.2, -0.15) is 0 Å². The summed E-state index contributed by atoms with van der Waals surface area (Å²) in [6.45, 7) is 1.19. The minimum absolute atomic E-state index is 0.682. The number of halogens is 1. The maximum absolute atomic E-state index is 3.63. The lowest BCUT2D eigenvalue weighted by molar-refractivity contribution is 0.507. The highest BCUT2D eigenvalue weighted by atomic mass is 79.9. The highest BCUT2D eigenvalue weighted by Crippen LogP contribution is 2.16. The lowest BCUT2D eigenvalue weighted by Crippen LogP contribution is -2.30. The molecular weight excluding hydrogens is 250 g/mol. The van der Waals surface area contributed by atoms with E-state index in [-0.39, 0.29) is 0 Å². The Morgan fingerprint density at radius 1 is 1.27 bits per heavy atom. The largest absolute Gasteiger partial charge is 0.314 e. The van der Waals surface area contributed by atoms with Crippen LogP contribution in [0.2, 0.25) is 0 Å². The summed E-state index contributed by atoms with van der Waals surface area (Å²) in [5, 5.41) is 3.63. The van der Waals surface area contributed by atoms with Crippen molar-refractivity contribution in [2.75, 3.05) is 6.54 Å². The molecule has 1 aromatic rings. The molecule has 2 heteroatoms. The SMILES string of the molecule is Brc1cccc(CC2CCCCCN2)c1. The number of hydrogen-bond donors (Lipinski definition) is 1. The molecule has 1 nitrogen and oxygen atoms in total. The molecule has 0 amide bonds. The molecule has 82 valence electrons. The van der Waals surface area contributed by atoms with Gasteiger partial charge in [0.25, 0.3) is 0 Å². The molecule has 0 spiro atoms. The molecule has 0 aromatic heterocycles. The van der Waals surface area contributed by atoms with Gasteiger partial charge in [0.05, 0.1) is 0 Å². The van der Waals surface area contributed by atoms with E-state index in [1.807, 2.05) is 0 Å². The Bertz CT molecular complexity index is 303. The molecule has 1 unspecified atom stereocenters. The van der Waals surface area contributed by atoms with E-state index in [0.29, 0.717) is 6.04 Å². The second-order valence-electron chi connectivity index (χ2n) is 4.33. The summed E-state index contributed by atoms with van der Waals surface area (Å²) >= 11 is 3.52. The molecule has 0 bridgehead atoms. The first-order valence-electron chi connectivity index (χ1n) is 5.82. The summed E-state index contributed by atoms with van der Waals surface area (Å²) in [5.74, 6) is 0. The van der Waals surface area contributed by atoms with Gasteiger partial charge in [-0.1, -0.05) is 40.9 Å². The van der Waals surface area contributed by atoms with Crippen LogP contribution in [-0.4, -0.2) is 12.6 Å².